The number of aryl methyl sites for hydroxylation is 1. The van der Waals surface area contributed by atoms with Crippen molar-refractivity contribution in [1.29, 1.82) is 5.26 Å². The third kappa shape index (κ3) is 4.52. The van der Waals surface area contributed by atoms with Crippen molar-refractivity contribution < 1.29 is 9.59 Å². The van der Waals surface area contributed by atoms with E-state index in [2.05, 4.69) is 6.07 Å². The van der Waals surface area contributed by atoms with Crippen LogP contribution >= 0.6 is 11.8 Å². The van der Waals surface area contributed by atoms with Crippen molar-refractivity contribution in [3.63, 3.8) is 0 Å². The van der Waals surface area contributed by atoms with E-state index in [1.165, 1.54) is 17.3 Å². The quantitative estimate of drug-likeness (QED) is 0.531. The minimum atomic E-state index is -0.379. The SMILES string of the molecule is Cc1ccc(C[C@H]2S/C(=C(\C#N)C(=O)N3CCCCC3)N(c3ccccc3)C2=O)cc1. The smallest absolute Gasteiger partial charge is 0.267 e. The van der Waals surface area contributed by atoms with E-state index in [4.69, 9.17) is 0 Å². The van der Waals surface area contributed by atoms with Crippen LogP contribution in [0.2, 0.25) is 0 Å². The van der Waals surface area contributed by atoms with Gasteiger partial charge in [-0.3, -0.25) is 14.5 Å². The van der Waals surface area contributed by atoms with E-state index in [0.717, 1.165) is 24.8 Å². The lowest BCUT2D eigenvalue weighted by atomic mass is 10.1. The molecule has 2 fully saturated rings. The minimum absolute atomic E-state index is 0.0653. The molecule has 0 N–H and O–H groups in total. The molecule has 1 atom stereocenters. The summed E-state index contributed by atoms with van der Waals surface area (Å²) >= 11 is 1.33. The molecule has 0 bridgehead atoms. The number of nitrogens with zero attached hydrogens (tertiary/aromatic N) is 3. The summed E-state index contributed by atoms with van der Waals surface area (Å²) in [6, 6.07) is 19.5. The molecule has 5 nitrogen and oxygen atoms in total. The molecule has 6 heteroatoms. The summed E-state index contributed by atoms with van der Waals surface area (Å²) in [5.74, 6) is -0.361. The molecule has 2 amide bonds. The molecule has 4 rings (SSSR count). The van der Waals surface area contributed by atoms with Crippen molar-refractivity contribution in [3.05, 3.63) is 76.3 Å². The molecular weight excluding hydrogens is 406 g/mol. The Hall–Kier alpha value is -3.04. The molecule has 0 unspecified atom stereocenters. The Kier molecular flexibility index (Phi) is 6.43. The second-order valence-electron chi connectivity index (χ2n) is 7.95. The number of carbonyl (C=O) groups is 2. The zero-order valence-corrected chi connectivity index (χ0v) is 18.4. The highest BCUT2D eigenvalue weighted by Crippen LogP contribution is 2.42. The second kappa shape index (κ2) is 9.40. The summed E-state index contributed by atoms with van der Waals surface area (Å²) in [6.45, 7) is 3.35. The van der Waals surface area contributed by atoms with Crippen molar-refractivity contribution in [2.45, 2.75) is 37.9 Å². The van der Waals surface area contributed by atoms with Gasteiger partial charge in [0.15, 0.2) is 0 Å². The number of hydrogen-bond acceptors (Lipinski definition) is 4. The fourth-order valence-electron chi connectivity index (χ4n) is 3.98. The first-order valence-electron chi connectivity index (χ1n) is 10.6. The zero-order chi connectivity index (χ0) is 21.8. The first-order valence-corrected chi connectivity index (χ1v) is 11.5. The number of carbonyl (C=O) groups excluding carboxylic acids is 2. The molecule has 158 valence electrons. The Labute approximate surface area is 187 Å². The number of thioether (sulfide) groups is 1. The van der Waals surface area contributed by atoms with Crippen LogP contribution in [0.5, 0.6) is 0 Å². The second-order valence-corrected chi connectivity index (χ2v) is 9.14. The maximum atomic E-state index is 13.4. The lowest BCUT2D eigenvalue weighted by Gasteiger charge is -2.27. The number of benzene rings is 2. The highest BCUT2D eigenvalue weighted by Gasteiger charge is 2.41. The molecule has 2 aromatic carbocycles. The third-order valence-corrected chi connectivity index (χ3v) is 6.95. The molecule has 0 aromatic heterocycles. The molecule has 2 aliphatic rings. The molecule has 31 heavy (non-hydrogen) atoms. The van der Waals surface area contributed by atoms with Crippen molar-refractivity contribution >= 4 is 29.3 Å². The van der Waals surface area contributed by atoms with E-state index in [1.54, 1.807) is 9.80 Å². The lowest BCUT2D eigenvalue weighted by molar-refractivity contribution is -0.127. The third-order valence-electron chi connectivity index (χ3n) is 5.69. The van der Waals surface area contributed by atoms with Crippen molar-refractivity contribution in [1.82, 2.24) is 4.90 Å². The Morgan fingerprint density at radius 2 is 1.74 bits per heavy atom. The van der Waals surface area contributed by atoms with Crippen LogP contribution in [0.3, 0.4) is 0 Å². The van der Waals surface area contributed by atoms with Crippen LogP contribution in [-0.4, -0.2) is 35.1 Å². The molecule has 0 spiro atoms. The highest BCUT2D eigenvalue weighted by molar-refractivity contribution is 8.05. The number of para-hydroxylation sites is 1. The average molecular weight is 432 g/mol. The number of amides is 2. The van der Waals surface area contributed by atoms with Crippen LogP contribution in [-0.2, 0) is 16.0 Å². The topological polar surface area (TPSA) is 64.4 Å². The Morgan fingerprint density at radius 3 is 2.39 bits per heavy atom. The van der Waals surface area contributed by atoms with Crippen LogP contribution in [0.4, 0.5) is 5.69 Å². The van der Waals surface area contributed by atoms with Gasteiger partial charge in [0.1, 0.15) is 16.7 Å². The molecule has 0 radical (unpaired) electrons. The monoisotopic (exact) mass is 431 g/mol. The van der Waals surface area contributed by atoms with E-state index in [0.29, 0.717) is 30.2 Å². The van der Waals surface area contributed by atoms with Gasteiger partial charge in [0.05, 0.1) is 5.25 Å². The van der Waals surface area contributed by atoms with Crippen LogP contribution < -0.4 is 4.90 Å². The summed E-state index contributed by atoms with van der Waals surface area (Å²) in [4.78, 5) is 29.9. The lowest BCUT2D eigenvalue weighted by Crippen LogP contribution is -2.37. The van der Waals surface area contributed by atoms with Crippen LogP contribution in [0.1, 0.15) is 30.4 Å². The summed E-state index contributed by atoms with van der Waals surface area (Å²) in [7, 11) is 0. The van der Waals surface area contributed by atoms with E-state index < -0.39 is 0 Å². The van der Waals surface area contributed by atoms with Crippen molar-refractivity contribution in [3.8, 4) is 6.07 Å². The molecule has 2 aromatic rings. The average Bonchev–Trinajstić information content (AvgIpc) is 3.12. The number of anilines is 1. The number of hydrogen-bond donors (Lipinski definition) is 0. The predicted molar refractivity (Wildman–Crippen MR) is 123 cm³/mol. The first-order chi connectivity index (χ1) is 15.1. The van der Waals surface area contributed by atoms with Gasteiger partial charge in [-0.05, 0) is 50.3 Å². The highest BCUT2D eigenvalue weighted by atomic mass is 32.2. The predicted octanol–water partition coefficient (Wildman–Crippen LogP) is 4.43. The Balaban J connectivity index is 1.71. The van der Waals surface area contributed by atoms with Crippen LogP contribution in [0, 0.1) is 18.3 Å². The van der Waals surface area contributed by atoms with Gasteiger partial charge in [0.2, 0.25) is 5.91 Å². The fourth-order valence-corrected chi connectivity index (χ4v) is 5.29. The van der Waals surface area contributed by atoms with E-state index in [-0.39, 0.29) is 22.6 Å². The molecular formula is C25H25N3O2S. The first kappa shape index (κ1) is 21.2. The van der Waals surface area contributed by atoms with E-state index in [9.17, 15) is 14.9 Å². The van der Waals surface area contributed by atoms with E-state index >= 15 is 0 Å². The zero-order valence-electron chi connectivity index (χ0n) is 17.6. The summed E-state index contributed by atoms with van der Waals surface area (Å²) in [5.41, 5.74) is 2.97. The normalized spacial score (nSPS) is 20.5. The number of rotatable bonds is 4. The summed E-state index contributed by atoms with van der Waals surface area (Å²) < 4.78 is 0. The maximum Gasteiger partial charge on any atom is 0.267 e. The summed E-state index contributed by atoms with van der Waals surface area (Å²) in [5, 5.41) is 10.0. The largest absolute Gasteiger partial charge is 0.338 e. The number of nitriles is 1. The van der Waals surface area contributed by atoms with Gasteiger partial charge in [-0.15, -0.1) is 0 Å². The Morgan fingerprint density at radius 1 is 1.06 bits per heavy atom. The van der Waals surface area contributed by atoms with Gasteiger partial charge in [-0.25, -0.2) is 0 Å². The standard InChI is InChI=1S/C25H25N3O2S/c1-18-10-12-19(13-11-18)16-22-24(30)28(20-8-4-2-5-9-20)25(31-22)21(17-26)23(29)27-14-6-3-7-15-27/h2,4-5,8-13,22H,3,6-7,14-16H2,1H3/b25-21+/t22-/m1/s1. The van der Waals surface area contributed by atoms with Gasteiger partial charge in [-0.2, -0.15) is 5.26 Å². The molecule has 0 saturated carbocycles. The van der Waals surface area contributed by atoms with Gasteiger partial charge in [0, 0.05) is 18.8 Å². The molecule has 2 aliphatic heterocycles. The van der Waals surface area contributed by atoms with E-state index in [1.807, 2.05) is 61.5 Å². The van der Waals surface area contributed by atoms with Gasteiger partial charge < -0.3 is 4.90 Å². The van der Waals surface area contributed by atoms with Gasteiger partial charge in [-0.1, -0.05) is 59.8 Å². The molecule has 0 aliphatic carbocycles. The number of likely N-dealkylation sites (tertiary alicyclic amines) is 1. The fraction of sp³-hybridized carbons (Fsp3) is 0.320. The van der Waals surface area contributed by atoms with Gasteiger partial charge in [0.25, 0.3) is 5.91 Å². The minimum Gasteiger partial charge on any atom is -0.338 e. The van der Waals surface area contributed by atoms with Crippen molar-refractivity contribution in [2.24, 2.45) is 0 Å². The molecule has 2 heterocycles. The molecule has 2 saturated heterocycles. The van der Waals surface area contributed by atoms with Crippen LogP contribution in [0.15, 0.2) is 65.2 Å². The summed E-state index contributed by atoms with van der Waals surface area (Å²) in [6.07, 6.45) is 3.55. The Bertz CT molecular complexity index is 1030. The number of piperidine rings is 1. The van der Waals surface area contributed by atoms with Crippen molar-refractivity contribution in [2.75, 3.05) is 18.0 Å². The van der Waals surface area contributed by atoms with Crippen LogP contribution in [0.25, 0.3) is 0 Å². The maximum absolute atomic E-state index is 13.4. The van der Waals surface area contributed by atoms with Gasteiger partial charge >= 0.3 is 0 Å².